The zero-order valence-electron chi connectivity index (χ0n) is 88.1. The van der Waals surface area contributed by atoms with Crippen molar-refractivity contribution in [3.8, 4) is 40.2 Å². The number of nitrogens with two attached hydrogens (primary N) is 1. The number of H-pyrrole nitrogens is 4. The van der Waals surface area contributed by atoms with Gasteiger partial charge in [0.1, 0.15) is 63.7 Å². The average Bonchev–Trinajstić information content (AvgIpc) is 1.53. The number of thioether (sulfide) groups is 3. The van der Waals surface area contributed by atoms with Crippen LogP contribution >= 0.6 is 46.9 Å². The number of alkyl carbamates (subject to hydrolysis) is 3. The second-order valence-corrected chi connectivity index (χ2v) is 41.2. The Morgan fingerprint density at radius 2 is 0.651 bits per heavy atom. The molecule has 39 heteroatoms. The fraction of sp³-hybridized carbons (Fsp3) is 0.464. The molecule has 34 nitrogen and oxygen atoms in total. The number of fused-ring (bicyclic) bond motifs is 4. The molecule has 0 unspecified atom stereocenters. The van der Waals surface area contributed by atoms with Crippen LogP contribution < -0.4 is 40.6 Å². The van der Waals surface area contributed by atoms with Crippen molar-refractivity contribution in [3.05, 3.63) is 239 Å². The van der Waals surface area contributed by atoms with Gasteiger partial charge in [-0.3, -0.25) is 4.18 Å². The van der Waals surface area contributed by atoms with E-state index in [4.69, 9.17) is 103 Å². The number of ether oxygens (including phenoxy) is 15. The SMILES string of the molecule is CC(C)(C)OC(=O)NCCc1c[nH]c2ccc(O)cc12.CC(C)(C)OC(=O)NCCc1c[nH]c2ccc(O)cc12.COc1ccc(CSCCOCCOCCO)cc1.COc1ccc(CSCCOCCOCCOS(=O)(=O)c2ccc(C)cc2)cc1.COc1ccc(CSCCOCCOCCOc2ccc3[nH]cc(CCNC(=O)OC(C)(C)C)c3c2)cc1.NCCc1c[nH]c2ccc(O)cc12.OCCOCCOCCCl. The minimum atomic E-state index is -3.73. The summed E-state index contributed by atoms with van der Waals surface area (Å²) in [6.07, 6.45) is 9.31. The van der Waals surface area contributed by atoms with E-state index >= 15 is 0 Å². The molecule has 0 aliphatic carbocycles. The van der Waals surface area contributed by atoms with Gasteiger partial charge in [-0.2, -0.15) is 43.7 Å². The summed E-state index contributed by atoms with van der Waals surface area (Å²) < 4.78 is 108. The minimum absolute atomic E-state index is 0.0199. The number of aliphatic hydroxyl groups excluding tert-OH is 2. The van der Waals surface area contributed by atoms with Gasteiger partial charge in [-0.25, -0.2) is 14.4 Å². The van der Waals surface area contributed by atoms with Gasteiger partial charge >= 0.3 is 18.3 Å². The van der Waals surface area contributed by atoms with Gasteiger partial charge in [-0.15, -0.1) is 11.6 Å². The molecule has 12 aromatic rings. The molecule has 4 aromatic heterocycles. The van der Waals surface area contributed by atoms with Gasteiger partial charge in [0, 0.05) is 128 Å². The number of carbonyl (C=O) groups is 3. The third kappa shape index (κ3) is 55.7. The number of phenolic OH excluding ortho intramolecular Hbond substituents is 3. The van der Waals surface area contributed by atoms with E-state index < -0.39 is 45.2 Å². The number of carbonyl (C=O) groups excluding carboxylic acids is 3. The molecule has 149 heavy (non-hydrogen) atoms. The van der Waals surface area contributed by atoms with Gasteiger partial charge in [-0.1, -0.05) is 54.1 Å². The molecule has 0 spiro atoms. The van der Waals surface area contributed by atoms with Crippen LogP contribution in [-0.2, 0) is 109 Å². The zero-order chi connectivity index (χ0) is 108. The number of phenols is 3. The van der Waals surface area contributed by atoms with Crippen LogP contribution in [0.3, 0.4) is 0 Å². The number of aromatic amines is 4. The molecule has 8 aromatic carbocycles. The highest BCUT2D eigenvalue weighted by atomic mass is 35.5. The fourth-order valence-corrected chi connectivity index (χ4v) is 16.8. The van der Waals surface area contributed by atoms with E-state index in [0.29, 0.717) is 156 Å². The van der Waals surface area contributed by atoms with Crippen molar-refractivity contribution in [1.82, 2.24) is 35.9 Å². The topological polar surface area (TPSA) is 459 Å². The lowest BCUT2D eigenvalue weighted by Gasteiger charge is -2.19. The highest BCUT2D eigenvalue weighted by Crippen LogP contribution is 2.30. The molecule has 0 atom stereocenters. The van der Waals surface area contributed by atoms with Crippen LogP contribution in [0.1, 0.15) is 107 Å². The van der Waals surface area contributed by atoms with E-state index in [-0.39, 0.29) is 42.8 Å². The predicted molar refractivity (Wildman–Crippen MR) is 593 cm³/mol. The number of aliphatic hydroxyl groups is 2. The Morgan fingerprint density at radius 1 is 0.362 bits per heavy atom. The van der Waals surface area contributed by atoms with Gasteiger partial charge in [0.25, 0.3) is 10.1 Å². The molecule has 822 valence electrons. The molecule has 0 saturated heterocycles. The Balaban J connectivity index is 0.000000275. The van der Waals surface area contributed by atoms with Crippen LogP contribution in [-0.4, -0.2) is 292 Å². The molecule has 3 amide bonds. The van der Waals surface area contributed by atoms with Crippen molar-refractivity contribution in [2.75, 3.05) is 203 Å². The molecule has 4 heterocycles. The molecular weight excluding hydrogens is 2010 g/mol. The maximum absolute atomic E-state index is 12.0. The number of hydrogen-bond acceptors (Lipinski definition) is 30. The van der Waals surface area contributed by atoms with E-state index in [1.54, 1.807) is 81.6 Å². The Kier molecular flexibility index (Phi) is 61.8. The van der Waals surface area contributed by atoms with Crippen LogP contribution in [0.25, 0.3) is 43.6 Å². The average molecular weight is 2170 g/mol. The number of amides is 3. The van der Waals surface area contributed by atoms with Crippen molar-refractivity contribution in [1.29, 1.82) is 0 Å². The molecule has 0 aliphatic rings. The van der Waals surface area contributed by atoms with Gasteiger partial charge in [0.2, 0.25) is 0 Å². The van der Waals surface area contributed by atoms with Crippen LogP contribution in [0.4, 0.5) is 14.4 Å². The van der Waals surface area contributed by atoms with Crippen LogP contribution in [0.15, 0.2) is 200 Å². The number of aromatic nitrogens is 4. The molecule has 0 saturated carbocycles. The largest absolute Gasteiger partial charge is 0.508 e. The number of benzene rings is 8. The quantitative estimate of drug-likeness (QED) is 0.00729. The lowest BCUT2D eigenvalue weighted by atomic mass is 10.1. The Labute approximate surface area is 894 Å². The van der Waals surface area contributed by atoms with Crippen LogP contribution in [0.5, 0.6) is 40.2 Å². The molecule has 14 N–H and O–H groups in total. The second-order valence-electron chi connectivity index (χ2n) is 35.9. The first-order chi connectivity index (χ1) is 71.6. The number of methoxy groups -OCH3 is 3. The Morgan fingerprint density at radius 3 is 0.966 bits per heavy atom. The van der Waals surface area contributed by atoms with E-state index in [1.807, 2.05) is 190 Å². The van der Waals surface area contributed by atoms with Crippen molar-refractivity contribution in [2.24, 2.45) is 5.73 Å². The highest BCUT2D eigenvalue weighted by molar-refractivity contribution is 7.99. The predicted octanol–water partition coefficient (Wildman–Crippen LogP) is 18.7. The summed E-state index contributed by atoms with van der Waals surface area (Å²) in [5.41, 5.74) is 17.2. The zero-order valence-corrected chi connectivity index (χ0v) is 92.1. The molecule has 0 fully saturated rings. The number of aryl methyl sites for hydroxylation is 1. The second kappa shape index (κ2) is 72.6. The summed E-state index contributed by atoms with van der Waals surface area (Å²) in [6.45, 7) is 29.3. The van der Waals surface area contributed by atoms with E-state index in [1.165, 1.54) is 28.8 Å². The molecule has 0 radical (unpaired) electrons. The summed E-state index contributed by atoms with van der Waals surface area (Å²) >= 11 is 10.8. The smallest absolute Gasteiger partial charge is 0.407 e. The van der Waals surface area contributed by atoms with E-state index in [0.717, 1.165) is 142 Å². The lowest BCUT2D eigenvalue weighted by Crippen LogP contribution is -2.33. The van der Waals surface area contributed by atoms with E-state index in [9.17, 15) is 38.1 Å². The summed E-state index contributed by atoms with van der Waals surface area (Å²) in [4.78, 5) is 47.7. The number of nitrogens with one attached hydrogen (secondary N) is 7. The number of aromatic hydroxyl groups is 3. The van der Waals surface area contributed by atoms with Crippen molar-refractivity contribution >= 4 is 119 Å². The number of halogens is 1. The molecule has 12 rings (SSSR count). The monoisotopic (exact) mass is 2170 g/mol. The van der Waals surface area contributed by atoms with Gasteiger partial charge < -0.3 is 138 Å². The molecule has 0 aliphatic heterocycles. The number of alkyl halides is 1. The van der Waals surface area contributed by atoms with Gasteiger partial charge in [-0.05, 0) is 262 Å². The third-order valence-electron chi connectivity index (χ3n) is 20.4. The van der Waals surface area contributed by atoms with Crippen molar-refractivity contribution < 1.29 is 124 Å². The number of hydrogen-bond donors (Lipinski definition) is 13. The van der Waals surface area contributed by atoms with Crippen molar-refractivity contribution in [2.45, 2.75) is 134 Å². The Bertz CT molecular complexity index is 5660. The number of rotatable bonds is 56. The van der Waals surface area contributed by atoms with Crippen molar-refractivity contribution in [3.63, 3.8) is 0 Å². The first-order valence-electron chi connectivity index (χ1n) is 49.3. The van der Waals surface area contributed by atoms with Gasteiger partial charge in [0.05, 0.1) is 152 Å². The van der Waals surface area contributed by atoms with Crippen LogP contribution in [0, 0.1) is 6.92 Å². The summed E-state index contributed by atoms with van der Waals surface area (Å²) in [6, 6.07) is 52.4. The lowest BCUT2D eigenvalue weighted by molar-refractivity contribution is 0.0375. The fourth-order valence-electron chi connectivity index (χ4n) is 13.3. The molecule has 0 bridgehead atoms. The summed E-state index contributed by atoms with van der Waals surface area (Å²) in [7, 11) is 1.27. The first-order valence-corrected chi connectivity index (χ1v) is 54.7. The third-order valence-corrected chi connectivity index (χ3v) is 24.9. The van der Waals surface area contributed by atoms with Gasteiger partial charge in [0.15, 0.2) is 0 Å². The normalized spacial score (nSPS) is 11.3. The minimum Gasteiger partial charge on any atom is -0.508 e. The van der Waals surface area contributed by atoms with E-state index in [2.05, 4.69) is 72.3 Å². The molecular formula is C110H155ClN8O26S4. The maximum Gasteiger partial charge on any atom is 0.407 e. The first kappa shape index (κ1) is 127. The Hall–Kier alpha value is -10.9. The highest BCUT2D eigenvalue weighted by Gasteiger charge is 2.21. The van der Waals surface area contributed by atoms with Crippen LogP contribution in [0.2, 0.25) is 0 Å². The standard InChI is InChI=1S/C29H40N2O6S.C21H28O6S2.2C15H20N2O3.C14H22O4S.C10H12N2O.C6H13ClO3/c1-29(2,3)37-28(32)30-12-11-23-20-31-27-10-9-25(19-26(23)27)36-16-15-34-13-14-35-17-18-38-21-22-5-7-24(33-4)8-6-22;1-18-3-9-21(10-4-18)29(22,23)27-14-13-25-11-12-26-15-16-28-17-19-5-7-20(24-2)8-6-19;2*1-15(2,3)20-14(19)16-7-6-10-9-17-13-5-4-11(18)8-12(10)13;1-16-14-4-2-13(3-5-14)12-19-11-10-18-9-8-17-7-6-15;11-4-3-7-6-12-10-2-1-8(13)5-9(7)10;7-1-3-9-5-6-10-4-2-8/h5-10,19-20,31H,11-18,21H2,1-4H3,(H,30,32);3-10H,11-17H2,1-2H3;2*4-5,8-9,17-18H,6-7H2,1-3H3,(H,16,19);2-5,15H,6-12H2,1H3;1-2,5-6,12-13H,3-4,11H2;8H,1-6H2. The maximum atomic E-state index is 12.0. The summed E-state index contributed by atoms with van der Waals surface area (Å²) in [5, 5.41) is 57.4. The summed E-state index contributed by atoms with van der Waals surface area (Å²) in [5.74, 6) is 10.4.